The van der Waals surface area contributed by atoms with Gasteiger partial charge in [0.1, 0.15) is 5.69 Å². The van der Waals surface area contributed by atoms with Crippen molar-refractivity contribution in [1.82, 2.24) is 4.90 Å². The predicted molar refractivity (Wildman–Crippen MR) is 78.0 cm³/mol. The van der Waals surface area contributed by atoms with Crippen molar-refractivity contribution in [2.24, 2.45) is 0 Å². The lowest BCUT2D eigenvalue weighted by molar-refractivity contribution is -0.384. The zero-order chi connectivity index (χ0) is 14.5. The normalized spacial score (nSPS) is 16.4. The molecule has 1 aromatic rings. The summed E-state index contributed by atoms with van der Waals surface area (Å²) in [4.78, 5) is 15.3. The minimum Gasteiger partial charge on any atom is -0.392 e. The Balaban J connectivity index is 2.15. The van der Waals surface area contributed by atoms with Crippen LogP contribution in [0.1, 0.15) is 18.9 Å². The molecular formula is C14H21N3O3. The molecule has 0 atom stereocenters. The van der Waals surface area contributed by atoms with Crippen LogP contribution in [-0.4, -0.2) is 47.7 Å². The van der Waals surface area contributed by atoms with Gasteiger partial charge in [-0.05, 0) is 24.6 Å². The molecule has 0 aliphatic carbocycles. The summed E-state index contributed by atoms with van der Waals surface area (Å²) in [7, 11) is 0. The van der Waals surface area contributed by atoms with Crippen molar-refractivity contribution in [3.05, 3.63) is 33.9 Å². The summed E-state index contributed by atoms with van der Waals surface area (Å²) >= 11 is 0. The number of piperazine rings is 1. The first-order chi connectivity index (χ1) is 9.65. The molecule has 1 N–H and O–H groups in total. The van der Waals surface area contributed by atoms with E-state index in [4.69, 9.17) is 5.11 Å². The first-order valence-electron chi connectivity index (χ1n) is 7.01. The number of hydrogen-bond donors (Lipinski definition) is 1. The molecule has 1 aliphatic rings. The van der Waals surface area contributed by atoms with E-state index in [9.17, 15) is 10.1 Å². The highest BCUT2D eigenvalue weighted by molar-refractivity contribution is 5.64. The Hall–Kier alpha value is -1.66. The third kappa shape index (κ3) is 3.26. The van der Waals surface area contributed by atoms with Gasteiger partial charge in [0.25, 0.3) is 5.69 Å². The topological polar surface area (TPSA) is 69.8 Å². The highest BCUT2D eigenvalue weighted by Crippen LogP contribution is 2.30. The smallest absolute Gasteiger partial charge is 0.292 e. The highest BCUT2D eigenvalue weighted by Gasteiger charge is 2.23. The lowest BCUT2D eigenvalue weighted by atomic mass is 10.1. The molecule has 1 aliphatic heterocycles. The summed E-state index contributed by atoms with van der Waals surface area (Å²) in [5.41, 5.74) is 1.31. The average Bonchev–Trinajstić information content (AvgIpc) is 2.48. The molecule has 1 fully saturated rings. The molecule has 0 spiro atoms. The first kappa shape index (κ1) is 14.7. The van der Waals surface area contributed by atoms with Gasteiger partial charge in [-0.1, -0.05) is 13.0 Å². The number of nitro groups is 1. The van der Waals surface area contributed by atoms with Gasteiger partial charge in [-0.3, -0.25) is 15.0 Å². The number of benzene rings is 1. The molecule has 110 valence electrons. The number of aliphatic hydroxyl groups is 1. The van der Waals surface area contributed by atoms with E-state index in [0.29, 0.717) is 11.3 Å². The fourth-order valence-electron chi connectivity index (χ4n) is 2.61. The van der Waals surface area contributed by atoms with Crippen LogP contribution in [0.2, 0.25) is 0 Å². The van der Waals surface area contributed by atoms with Crippen molar-refractivity contribution in [2.45, 2.75) is 20.0 Å². The third-order valence-electron chi connectivity index (χ3n) is 3.67. The average molecular weight is 279 g/mol. The van der Waals surface area contributed by atoms with E-state index in [1.807, 2.05) is 0 Å². The van der Waals surface area contributed by atoms with E-state index >= 15 is 0 Å². The van der Waals surface area contributed by atoms with E-state index in [0.717, 1.165) is 39.1 Å². The summed E-state index contributed by atoms with van der Waals surface area (Å²) in [5, 5.41) is 20.3. The molecule has 0 bridgehead atoms. The Morgan fingerprint density at radius 2 is 2.00 bits per heavy atom. The molecule has 2 rings (SSSR count). The highest BCUT2D eigenvalue weighted by atomic mass is 16.6. The number of nitrogens with zero attached hydrogens (tertiary/aromatic N) is 3. The van der Waals surface area contributed by atoms with Crippen molar-refractivity contribution in [3.8, 4) is 0 Å². The van der Waals surface area contributed by atoms with E-state index in [1.54, 1.807) is 12.1 Å². The van der Waals surface area contributed by atoms with Crippen molar-refractivity contribution < 1.29 is 10.0 Å². The summed E-state index contributed by atoms with van der Waals surface area (Å²) in [6, 6.07) is 4.97. The van der Waals surface area contributed by atoms with Crippen LogP contribution < -0.4 is 4.90 Å². The van der Waals surface area contributed by atoms with E-state index in [2.05, 4.69) is 16.7 Å². The van der Waals surface area contributed by atoms with Crippen molar-refractivity contribution >= 4 is 11.4 Å². The number of hydrogen-bond acceptors (Lipinski definition) is 5. The summed E-state index contributed by atoms with van der Waals surface area (Å²) in [6.45, 7) is 6.55. The van der Waals surface area contributed by atoms with Crippen LogP contribution >= 0.6 is 0 Å². The molecule has 1 heterocycles. The molecule has 0 aromatic heterocycles. The second-order valence-electron chi connectivity index (χ2n) is 5.07. The maximum absolute atomic E-state index is 11.2. The monoisotopic (exact) mass is 279 g/mol. The molecule has 1 saturated heterocycles. The van der Waals surface area contributed by atoms with Gasteiger partial charge in [-0.2, -0.15) is 0 Å². The molecule has 0 amide bonds. The third-order valence-corrected chi connectivity index (χ3v) is 3.67. The molecule has 1 aromatic carbocycles. The summed E-state index contributed by atoms with van der Waals surface area (Å²) in [6.07, 6.45) is 1.13. The Morgan fingerprint density at radius 1 is 1.30 bits per heavy atom. The lowest BCUT2D eigenvalue weighted by Crippen LogP contribution is -2.46. The van der Waals surface area contributed by atoms with Crippen LogP contribution in [0.5, 0.6) is 0 Å². The molecule has 0 saturated carbocycles. The molecule has 0 radical (unpaired) electrons. The van der Waals surface area contributed by atoms with Crippen molar-refractivity contribution in [3.63, 3.8) is 0 Å². The van der Waals surface area contributed by atoms with Crippen molar-refractivity contribution in [2.75, 3.05) is 37.6 Å². The van der Waals surface area contributed by atoms with Gasteiger partial charge in [-0.15, -0.1) is 0 Å². The van der Waals surface area contributed by atoms with Crippen LogP contribution in [0, 0.1) is 10.1 Å². The van der Waals surface area contributed by atoms with E-state index in [-0.39, 0.29) is 17.2 Å². The van der Waals surface area contributed by atoms with Gasteiger partial charge in [0, 0.05) is 32.2 Å². The van der Waals surface area contributed by atoms with Crippen LogP contribution in [-0.2, 0) is 6.61 Å². The Bertz CT molecular complexity index is 471. The predicted octanol–water partition coefficient (Wildman–Crippen LogP) is 1.62. The second-order valence-corrected chi connectivity index (χ2v) is 5.07. The minimum atomic E-state index is -0.368. The molecule has 20 heavy (non-hydrogen) atoms. The Morgan fingerprint density at radius 3 is 2.55 bits per heavy atom. The Kier molecular flexibility index (Phi) is 4.92. The molecule has 0 unspecified atom stereocenters. The number of nitro benzene ring substituents is 1. The van der Waals surface area contributed by atoms with Gasteiger partial charge < -0.3 is 10.0 Å². The summed E-state index contributed by atoms with van der Waals surface area (Å²) in [5.74, 6) is 0. The second kappa shape index (κ2) is 6.67. The number of anilines is 1. The van der Waals surface area contributed by atoms with Crippen LogP contribution in [0.3, 0.4) is 0 Å². The van der Waals surface area contributed by atoms with Crippen molar-refractivity contribution in [1.29, 1.82) is 0 Å². The van der Waals surface area contributed by atoms with E-state index in [1.165, 1.54) is 6.07 Å². The van der Waals surface area contributed by atoms with Crippen LogP contribution in [0.4, 0.5) is 11.4 Å². The zero-order valence-electron chi connectivity index (χ0n) is 11.8. The van der Waals surface area contributed by atoms with E-state index < -0.39 is 0 Å². The van der Waals surface area contributed by atoms with Gasteiger partial charge in [-0.25, -0.2) is 0 Å². The zero-order valence-corrected chi connectivity index (χ0v) is 11.8. The lowest BCUT2D eigenvalue weighted by Gasteiger charge is -2.35. The van der Waals surface area contributed by atoms with Crippen LogP contribution in [0.15, 0.2) is 18.2 Å². The number of aliphatic hydroxyl groups excluding tert-OH is 1. The standard InChI is InChI=1S/C14H21N3O3/c1-2-5-15-6-8-16(9-7-15)13-4-3-12(11-18)10-14(13)17(19)20/h3-4,10,18H,2,5-9,11H2,1H3. The first-order valence-corrected chi connectivity index (χ1v) is 7.01. The fourth-order valence-corrected chi connectivity index (χ4v) is 2.61. The quantitative estimate of drug-likeness (QED) is 0.655. The largest absolute Gasteiger partial charge is 0.392 e. The maximum Gasteiger partial charge on any atom is 0.292 e. The molecular weight excluding hydrogens is 258 g/mol. The summed E-state index contributed by atoms with van der Waals surface area (Å²) < 4.78 is 0. The van der Waals surface area contributed by atoms with Gasteiger partial charge in [0.15, 0.2) is 0 Å². The minimum absolute atomic E-state index is 0.0838. The molecule has 6 heteroatoms. The SMILES string of the molecule is CCCN1CCN(c2ccc(CO)cc2[N+](=O)[O-])CC1. The molecule has 6 nitrogen and oxygen atoms in total. The Labute approximate surface area is 118 Å². The van der Waals surface area contributed by atoms with Gasteiger partial charge in [0.05, 0.1) is 11.5 Å². The van der Waals surface area contributed by atoms with Gasteiger partial charge in [0.2, 0.25) is 0 Å². The fraction of sp³-hybridized carbons (Fsp3) is 0.571. The van der Waals surface area contributed by atoms with Gasteiger partial charge >= 0.3 is 0 Å². The van der Waals surface area contributed by atoms with Crippen LogP contribution in [0.25, 0.3) is 0 Å². The number of rotatable bonds is 5. The maximum atomic E-state index is 11.2.